The van der Waals surface area contributed by atoms with Gasteiger partial charge < -0.3 is 19.2 Å². The molecule has 2 aromatic rings. The van der Waals surface area contributed by atoms with Crippen molar-refractivity contribution in [2.75, 3.05) is 19.5 Å². The number of benzene rings is 1. The number of esters is 1. The number of rotatable bonds is 8. The van der Waals surface area contributed by atoms with E-state index in [1.165, 1.54) is 11.8 Å². The van der Waals surface area contributed by atoms with Crippen LogP contribution >= 0.6 is 11.8 Å². The van der Waals surface area contributed by atoms with Crippen molar-refractivity contribution in [2.45, 2.75) is 32.0 Å². The minimum absolute atomic E-state index is 0.0891. The van der Waals surface area contributed by atoms with Crippen LogP contribution in [0, 0.1) is 11.3 Å². The number of nitrogens with one attached hydrogen (secondary N) is 1. The second-order valence-corrected chi connectivity index (χ2v) is 6.31. The van der Waals surface area contributed by atoms with Crippen LogP contribution in [0.15, 0.2) is 28.2 Å². The van der Waals surface area contributed by atoms with Crippen LogP contribution in [0.5, 0.6) is 11.5 Å². The topological polar surface area (TPSA) is 114 Å². The molecule has 0 saturated carbocycles. The molecular formula is C19H21N3O5S. The van der Waals surface area contributed by atoms with E-state index in [4.69, 9.17) is 14.2 Å². The lowest BCUT2D eigenvalue weighted by Gasteiger charge is -2.17. The Morgan fingerprint density at radius 2 is 2.07 bits per heavy atom. The minimum Gasteiger partial charge on any atom is -0.490 e. The maximum atomic E-state index is 12.1. The Labute approximate surface area is 166 Å². The fraction of sp³-hybridized carbons (Fsp3) is 0.368. The van der Waals surface area contributed by atoms with Crippen LogP contribution in [-0.2, 0) is 9.53 Å². The molecule has 0 radical (unpaired) electrons. The Morgan fingerprint density at radius 1 is 1.32 bits per heavy atom. The van der Waals surface area contributed by atoms with E-state index in [2.05, 4.69) is 9.97 Å². The van der Waals surface area contributed by atoms with Gasteiger partial charge in [-0.25, -0.2) is 9.78 Å². The van der Waals surface area contributed by atoms with Gasteiger partial charge in [-0.1, -0.05) is 11.8 Å². The van der Waals surface area contributed by atoms with Crippen molar-refractivity contribution in [1.82, 2.24) is 9.97 Å². The quantitative estimate of drug-likeness (QED) is 0.406. The number of hydrogen-bond acceptors (Lipinski definition) is 8. The molecule has 0 fully saturated rings. The minimum atomic E-state index is -0.819. The molecule has 28 heavy (non-hydrogen) atoms. The number of aromatic nitrogens is 2. The fourth-order valence-electron chi connectivity index (χ4n) is 2.38. The van der Waals surface area contributed by atoms with Gasteiger partial charge in [-0.2, -0.15) is 5.26 Å². The zero-order valence-electron chi connectivity index (χ0n) is 16.1. The summed E-state index contributed by atoms with van der Waals surface area (Å²) in [5, 5.41) is 9.75. The molecule has 1 aromatic carbocycles. The lowest BCUT2D eigenvalue weighted by Crippen LogP contribution is -2.26. The summed E-state index contributed by atoms with van der Waals surface area (Å²) in [6, 6.07) is 6.79. The zero-order chi connectivity index (χ0) is 20.7. The molecule has 1 atom stereocenters. The van der Waals surface area contributed by atoms with Crippen molar-refractivity contribution in [2.24, 2.45) is 0 Å². The molecule has 1 unspecified atom stereocenters. The molecule has 1 heterocycles. The van der Waals surface area contributed by atoms with Gasteiger partial charge in [-0.15, -0.1) is 0 Å². The van der Waals surface area contributed by atoms with Crippen LogP contribution in [0.2, 0.25) is 0 Å². The number of thioether (sulfide) groups is 1. The van der Waals surface area contributed by atoms with E-state index in [9.17, 15) is 14.9 Å². The molecule has 0 aliphatic carbocycles. The number of nitriles is 1. The zero-order valence-corrected chi connectivity index (χ0v) is 16.9. The van der Waals surface area contributed by atoms with Crippen molar-refractivity contribution in [1.29, 1.82) is 5.26 Å². The van der Waals surface area contributed by atoms with Gasteiger partial charge >= 0.3 is 5.97 Å². The summed E-state index contributed by atoms with van der Waals surface area (Å²) >= 11 is 1.26. The molecule has 0 saturated heterocycles. The highest BCUT2D eigenvalue weighted by Gasteiger charge is 2.20. The highest BCUT2D eigenvalue weighted by Crippen LogP contribution is 2.34. The summed E-state index contributed by atoms with van der Waals surface area (Å²) in [6.07, 6.45) is 0.952. The third-order valence-corrected chi connectivity index (χ3v) is 4.22. The molecule has 0 amide bonds. The van der Waals surface area contributed by atoms with E-state index in [-0.39, 0.29) is 17.9 Å². The fourth-order valence-corrected chi connectivity index (χ4v) is 2.76. The van der Waals surface area contributed by atoms with E-state index in [0.717, 1.165) is 0 Å². The molecule has 148 valence electrons. The first-order valence-corrected chi connectivity index (χ1v) is 9.86. The van der Waals surface area contributed by atoms with E-state index >= 15 is 0 Å². The summed E-state index contributed by atoms with van der Waals surface area (Å²) in [6.45, 7) is 5.72. The molecular weight excluding hydrogens is 382 g/mol. The molecule has 8 nitrogen and oxygen atoms in total. The predicted octanol–water partition coefficient (Wildman–Crippen LogP) is 2.76. The Kier molecular flexibility index (Phi) is 7.46. The Hall–Kier alpha value is -2.99. The van der Waals surface area contributed by atoms with Crippen LogP contribution in [0.4, 0.5) is 0 Å². The van der Waals surface area contributed by atoms with Gasteiger partial charge in [-0.3, -0.25) is 4.79 Å². The molecule has 9 heteroatoms. The molecule has 2 rings (SSSR count). The number of H-pyrrole nitrogens is 1. The number of nitrogens with zero attached hydrogens (tertiary/aromatic N) is 2. The average Bonchev–Trinajstić information content (AvgIpc) is 2.68. The highest BCUT2D eigenvalue weighted by atomic mass is 32.2. The number of aromatic amines is 1. The van der Waals surface area contributed by atoms with Gasteiger partial charge in [0.2, 0.25) is 0 Å². The molecule has 1 aromatic heterocycles. The Balaban J connectivity index is 2.48. The number of carbonyl (C=O) groups excluding carboxylic acids is 1. The summed E-state index contributed by atoms with van der Waals surface area (Å²) in [5.41, 5.74) is 0.180. The average molecular weight is 403 g/mol. The molecule has 0 aliphatic rings. The highest BCUT2D eigenvalue weighted by molar-refractivity contribution is 7.98. The first-order valence-electron chi connectivity index (χ1n) is 8.64. The van der Waals surface area contributed by atoms with Crippen molar-refractivity contribution in [3.63, 3.8) is 0 Å². The normalized spacial score (nSPS) is 11.4. The van der Waals surface area contributed by atoms with Crippen molar-refractivity contribution in [3.05, 3.63) is 34.1 Å². The second-order valence-electron chi connectivity index (χ2n) is 5.52. The molecule has 0 bridgehead atoms. The van der Waals surface area contributed by atoms with Gasteiger partial charge in [0.25, 0.3) is 5.56 Å². The Bertz CT molecular complexity index is 952. The number of carbonyl (C=O) groups is 1. The third kappa shape index (κ3) is 4.84. The number of ether oxygens (including phenoxy) is 3. The maximum absolute atomic E-state index is 12.1. The van der Waals surface area contributed by atoms with Crippen LogP contribution in [0.3, 0.4) is 0 Å². The smallest absolute Gasteiger partial charge is 0.347 e. The van der Waals surface area contributed by atoms with E-state index in [1.807, 2.05) is 13.0 Å². The first kappa shape index (κ1) is 21.3. The van der Waals surface area contributed by atoms with Crippen LogP contribution in [-0.4, -0.2) is 41.5 Å². The van der Waals surface area contributed by atoms with Gasteiger partial charge in [0, 0.05) is 5.56 Å². The summed E-state index contributed by atoms with van der Waals surface area (Å²) in [4.78, 5) is 30.9. The van der Waals surface area contributed by atoms with Crippen LogP contribution in [0.1, 0.15) is 26.3 Å². The SMILES string of the molecule is CCOC(=O)C(C)Oc1ccc(-c2nc(SC)[nH]c(=O)c2C#N)cc1OCC. The van der Waals surface area contributed by atoms with Crippen molar-refractivity contribution >= 4 is 17.7 Å². The third-order valence-electron chi connectivity index (χ3n) is 3.64. The van der Waals surface area contributed by atoms with Crippen LogP contribution in [0.25, 0.3) is 11.3 Å². The van der Waals surface area contributed by atoms with Crippen molar-refractivity contribution in [3.8, 4) is 28.8 Å². The summed E-state index contributed by atoms with van der Waals surface area (Å²) in [7, 11) is 0. The monoisotopic (exact) mass is 403 g/mol. The lowest BCUT2D eigenvalue weighted by atomic mass is 10.1. The summed E-state index contributed by atoms with van der Waals surface area (Å²) < 4.78 is 16.2. The predicted molar refractivity (Wildman–Crippen MR) is 105 cm³/mol. The van der Waals surface area contributed by atoms with E-state index in [1.54, 1.807) is 38.3 Å². The Morgan fingerprint density at radius 3 is 2.68 bits per heavy atom. The largest absolute Gasteiger partial charge is 0.490 e. The molecule has 1 N–H and O–H groups in total. The van der Waals surface area contributed by atoms with Gasteiger partial charge in [0.05, 0.1) is 18.9 Å². The first-order chi connectivity index (χ1) is 13.4. The van der Waals surface area contributed by atoms with Crippen molar-refractivity contribution < 1.29 is 19.0 Å². The van der Waals surface area contributed by atoms with Gasteiger partial charge in [-0.05, 0) is 45.2 Å². The van der Waals surface area contributed by atoms with Gasteiger partial charge in [0.1, 0.15) is 11.6 Å². The number of hydrogen-bond donors (Lipinski definition) is 1. The second kappa shape index (κ2) is 9.80. The summed E-state index contributed by atoms with van der Waals surface area (Å²) in [5.74, 6) is 0.231. The lowest BCUT2D eigenvalue weighted by molar-refractivity contribution is -0.150. The standard InChI is InChI=1S/C19H21N3O5S/c1-5-25-15-9-12(7-8-14(15)27-11(3)18(24)26-6-2)16-13(10-20)17(23)22-19(21-16)28-4/h7-9,11H,5-6H2,1-4H3,(H,21,22,23). The van der Waals surface area contributed by atoms with E-state index in [0.29, 0.717) is 28.8 Å². The maximum Gasteiger partial charge on any atom is 0.347 e. The van der Waals surface area contributed by atoms with Gasteiger partial charge in [0.15, 0.2) is 22.8 Å². The molecule has 0 aliphatic heterocycles. The van der Waals surface area contributed by atoms with Crippen LogP contribution < -0.4 is 15.0 Å². The molecule has 0 spiro atoms. The van der Waals surface area contributed by atoms with E-state index < -0.39 is 17.6 Å².